The van der Waals surface area contributed by atoms with E-state index in [2.05, 4.69) is 15.0 Å². The number of nitrogens with zero attached hydrogens (tertiary/aromatic N) is 3. The number of nitrogens with one attached hydrogen (secondary N) is 1. The third-order valence-corrected chi connectivity index (χ3v) is 4.90. The number of halogens is 5. The molecular formula is C18H16F5N5O4. The van der Waals surface area contributed by atoms with E-state index in [4.69, 9.17) is 10.5 Å². The number of amides is 2. The van der Waals surface area contributed by atoms with Crippen LogP contribution < -0.4 is 20.7 Å². The van der Waals surface area contributed by atoms with Crippen LogP contribution in [0.5, 0.6) is 5.75 Å². The lowest BCUT2D eigenvalue weighted by atomic mass is 10.1. The Kier molecular flexibility index (Phi) is 5.30. The highest BCUT2D eigenvalue weighted by Crippen LogP contribution is 2.44. The molecule has 2 amide bonds. The average molecular weight is 461 g/mol. The number of cyclic esters (lactones) is 1. The van der Waals surface area contributed by atoms with Gasteiger partial charge in [-0.25, -0.2) is 23.5 Å². The van der Waals surface area contributed by atoms with E-state index in [1.165, 1.54) is 18.2 Å². The first kappa shape index (κ1) is 21.6. The predicted octanol–water partition coefficient (Wildman–Crippen LogP) is 2.45. The zero-order valence-corrected chi connectivity index (χ0v) is 16.2. The number of ether oxygens (including phenoxy) is 2. The van der Waals surface area contributed by atoms with Crippen molar-refractivity contribution in [2.45, 2.75) is 25.2 Å². The smallest absolute Gasteiger partial charge is 0.435 e. The Morgan fingerprint density at radius 1 is 1.31 bits per heavy atom. The SMILES string of the molecule is NC(=O)CNc1ccc2c(c1)OCCn1c-2nc(N2C(=O)OCC2C(F)F)c1C(F)(F)F. The molecule has 2 aliphatic rings. The number of hydrogen-bond acceptors (Lipinski definition) is 6. The van der Waals surface area contributed by atoms with E-state index in [1.807, 2.05) is 0 Å². The minimum Gasteiger partial charge on any atom is -0.491 e. The molecule has 2 aromatic rings. The summed E-state index contributed by atoms with van der Waals surface area (Å²) in [6.45, 7) is -1.44. The molecule has 9 nitrogen and oxygen atoms in total. The van der Waals surface area contributed by atoms with Crippen LogP contribution in [0.2, 0.25) is 0 Å². The largest absolute Gasteiger partial charge is 0.491 e. The van der Waals surface area contributed by atoms with Gasteiger partial charge >= 0.3 is 12.3 Å². The first-order chi connectivity index (χ1) is 15.1. The van der Waals surface area contributed by atoms with Gasteiger partial charge in [-0.2, -0.15) is 13.2 Å². The fraction of sp³-hybridized carbons (Fsp3) is 0.389. The fourth-order valence-electron chi connectivity index (χ4n) is 3.55. The molecule has 1 aromatic heterocycles. The monoisotopic (exact) mass is 461 g/mol. The molecule has 1 saturated heterocycles. The van der Waals surface area contributed by atoms with E-state index in [9.17, 15) is 31.5 Å². The first-order valence-electron chi connectivity index (χ1n) is 9.29. The van der Waals surface area contributed by atoms with Crippen molar-refractivity contribution in [3.63, 3.8) is 0 Å². The van der Waals surface area contributed by atoms with Gasteiger partial charge in [-0.3, -0.25) is 4.79 Å². The maximum Gasteiger partial charge on any atom is 0.435 e. The van der Waals surface area contributed by atoms with Crippen molar-refractivity contribution in [1.29, 1.82) is 0 Å². The van der Waals surface area contributed by atoms with Crippen LogP contribution in [-0.4, -0.2) is 53.8 Å². The lowest BCUT2D eigenvalue weighted by Gasteiger charge is -2.21. The second kappa shape index (κ2) is 7.84. The van der Waals surface area contributed by atoms with Gasteiger partial charge in [-0.15, -0.1) is 0 Å². The molecule has 0 bridgehead atoms. The van der Waals surface area contributed by atoms with E-state index in [-0.39, 0.29) is 41.7 Å². The summed E-state index contributed by atoms with van der Waals surface area (Å²) in [5, 5.41) is 2.73. The first-order valence-corrected chi connectivity index (χ1v) is 9.29. The summed E-state index contributed by atoms with van der Waals surface area (Å²) in [5.41, 5.74) is 4.28. The molecule has 0 spiro atoms. The Labute approximate surface area is 176 Å². The molecule has 3 N–H and O–H groups in total. The van der Waals surface area contributed by atoms with Crippen molar-refractivity contribution in [2.75, 3.05) is 30.0 Å². The standard InChI is InChI=1S/C18H16F5N5O4/c19-14(20)10-7-32-17(30)28(10)16-13(18(21,22)23)27-3-4-31-11-5-8(25-6-12(24)29)1-2-9(11)15(27)26-16/h1-2,5,10,14,25H,3-4,6-7H2,(H2,24,29). The van der Waals surface area contributed by atoms with Crippen molar-refractivity contribution in [3.05, 3.63) is 23.9 Å². The van der Waals surface area contributed by atoms with Crippen LogP contribution in [0.15, 0.2) is 18.2 Å². The number of anilines is 2. The molecule has 0 radical (unpaired) electrons. The molecule has 1 fully saturated rings. The summed E-state index contributed by atoms with van der Waals surface area (Å²) in [6.07, 6.45) is -9.49. The van der Waals surface area contributed by atoms with Gasteiger partial charge < -0.3 is 25.1 Å². The Morgan fingerprint density at radius 3 is 2.72 bits per heavy atom. The molecule has 172 valence electrons. The van der Waals surface area contributed by atoms with E-state index in [0.29, 0.717) is 5.69 Å². The number of primary amides is 1. The fourth-order valence-corrected chi connectivity index (χ4v) is 3.55. The Bertz CT molecular complexity index is 1070. The van der Waals surface area contributed by atoms with Crippen molar-refractivity contribution in [2.24, 2.45) is 5.73 Å². The summed E-state index contributed by atoms with van der Waals surface area (Å²) in [7, 11) is 0. The second-order valence-electron chi connectivity index (χ2n) is 6.99. The zero-order chi connectivity index (χ0) is 23.2. The topological polar surface area (TPSA) is 112 Å². The van der Waals surface area contributed by atoms with Crippen molar-refractivity contribution < 1.29 is 41.0 Å². The zero-order valence-electron chi connectivity index (χ0n) is 16.2. The van der Waals surface area contributed by atoms with Gasteiger partial charge in [0.15, 0.2) is 11.5 Å². The molecule has 0 saturated carbocycles. The minimum absolute atomic E-state index is 0.144. The Hall–Kier alpha value is -3.58. The number of rotatable bonds is 5. The number of aromatic nitrogens is 2. The molecule has 0 aliphatic carbocycles. The van der Waals surface area contributed by atoms with Crippen molar-refractivity contribution in [1.82, 2.24) is 9.55 Å². The number of alkyl halides is 5. The number of carbonyl (C=O) groups excluding carboxylic acids is 2. The third kappa shape index (κ3) is 3.76. The highest BCUT2D eigenvalue weighted by molar-refractivity contribution is 5.91. The van der Waals surface area contributed by atoms with Gasteiger partial charge in [-0.05, 0) is 12.1 Å². The minimum atomic E-state index is -5.01. The van der Waals surface area contributed by atoms with Crippen molar-refractivity contribution in [3.8, 4) is 17.1 Å². The van der Waals surface area contributed by atoms with Gasteiger partial charge in [0.1, 0.15) is 30.8 Å². The van der Waals surface area contributed by atoms with E-state index >= 15 is 0 Å². The number of hydrogen-bond donors (Lipinski definition) is 2. The molecule has 1 unspecified atom stereocenters. The maximum atomic E-state index is 14.0. The van der Waals surface area contributed by atoms with Gasteiger partial charge in [0, 0.05) is 11.8 Å². The van der Waals surface area contributed by atoms with E-state index < -0.39 is 48.8 Å². The number of nitrogens with two attached hydrogens (primary N) is 1. The highest BCUT2D eigenvalue weighted by Gasteiger charge is 2.49. The molecule has 14 heteroatoms. The maximum absolute atomic E-state index is 14.0. The highest BCUT2D eigenvalue weighted by atomic mass is 19.4. The van der Waals surface area contributed by atoms with Crippen LogP contribution in [0.1, 0.15) is 5.69 Å². The summed E-state index contributed by atoms with van der Waals surface area (Å²) >= 11 is 0. The average Bonchev–Trinajstić information content (AvgIpc) is 3.22. The Balaban J connectivity index is 1.85. The van der Waals surface area contributed by atoms with Gasteiger partial charge in [0.05, 0.1) is 18.7 Å². The van der Waals surface area contributed by atoms with E-state index in [0.717, 1.165) is 4.57 Å². The van der Waals surface area contributed by atoms with Crippen LogP contribution in [0, 0.1) is 0 Å². The summed E-state index contributed by atoms with van der Waals surface area (Å²) in [6, 6.07) is 2.41. The van der Waals surface area contributed by atoms with Crippen LogP contribution in [0.3, 0.4) is 0 Å². The molecule has 3 heterocycles. The van der Waals surface area contributed by atoms with Crippen LogP contribution in [-0.2, 0) is 22.3 Å². The molecule has 4 rings (SSSR count). The van der Waals surface area contributed by atoms with Crippen LogP contribution in [0.4, 0.5) is 38.3 Å². The summed E-state index contributed by atoms with van der Waals surface area (Å²) in [5.74, 6) is -1.64. The van der Waals surface area contributed by atoms with Gasteiger partial charge in [-0.1, -0.05) is 0 Å². The van der Waals surface area contributed by atoms with Gasteiger partial charge in [0.2, 0.25) is 5.91 Å². The second-order valence-corrected chi connectivity index (χ2v) is 6.99. The number of fused-ring (bicyclic) bond motifs is 3. The summed E-state index contributed by atoms with van der Waals surface area (Å²) in [4.78, 5) is 27.2. The third-order valence-electron chi connectivity index (χ3n) is 4.90. The quantitative estimate of drug-likeness (QED) is 0.662. The predicted molar refractivity (Wildman–Crippen MR) is 99.5 cm³/mol. The number of imidazole rings is 1. The lowest BCUT2D eigenvalue weighted by Crippen LogP contribution is -2.40. The Morgan fingerprint density at radius 2 is 2.06 bits per heavy atom. The molecule has 1 aromatic carbocycles. The van der Waals surface area contributed by atoms with Gasteiger partial charge in [0.25, 0.3) is 6.43 Å². The van der Waals surface area contributed by atoms with Crippen molar-refractivity contribution >= 4 is 23.5 Å². The molecular weight excluding hydrogens is 445 g/mol. The lowest BCUT2D eigenvalue weighted by molar-refractivity contribution is -0.143. The molecule has 32 heavy (non-hydrogen) atoms. The van der Waals surface area contributed by atoms with Crippen LogP contribution in [0.25, 0.3) is 11.4 Å². The van der Waals surface area contributed by atoms with E-state index in [1.54, 1.807) is 0 Å². The number of benzene rings is 1. The molecule has 2 aliphatic heterocycles. The molecule has 1 atom stereocenters. The summed E-state index contributed by atoms with van der Waals surface area (Å²) < 4.78 is 79.7. The van der Waals surface area contributed by atoms with Crippen LogP contribution >= 0.6 is 0 Å². The number of carbonyl (C=O) groups is 2. The normalized spacial score (nSPS) is 18.0.